The zero-order valence-electron chi connectivity index (χ0n) is 6.55. The summed E-state index contributed by atoms with van der Waals surface area (Å²) in [6.07, 6.45) is 1.18. The first kappa shape index (κ1) is 9.43. The Morgan fingerprint density at radius 3 is 2.70 bits per heavy atom. The Bertz CT molecular complexity index is 141. The minimum absolute atomic E-state index is 0.222. The molecule has 0 aliphatic rings. The largest absolute Gasteiger partial charge is 0.478 e. The van der Waals surface area contributed by atoms with Crippen LogP contribution in [0.2, 0.25) is 6.04 Å². The molecule has 0 amide bonds. The number of carbonyl (C=O) groups is 1. The van der Waals surface area contributed by atoms with Gasteiger partial charge in [-0.1, -0.05) is 25.1 Å². The Morgan fingerprint density at radius 2 is 2.30 bits per heavy atom. The third-order valence-corrected chi connectivity index (χ3v) is 3.36. The Morgan fingerprint density at radius 1 is 1.70 bits per heavy atom. The molecule has 0 spiro atoms. The Balaban J connectivity index is 3.58. The number of carboxylic acid groups (broad SMARTS) is 1. The van der Waals surface area contributed by atoms with E-state index in [0.29, 0.717) is 5.57 Å². The lowest BCUT2D eigenvalue weighted by Crippen LogP contribution is -1.98. The lowest BCUT2D eigenvalue weighted by atomic mass is 10.4. The van der Waals surface area contributed by atoms with Crippen molar-refractivity contribution in [3.05, 3.63) is 11.3 Å². The zero-order valence-corrected chi connectivity index (χ0v) is 7.97. The SMILES string of the molecule is CCC[SiH2]C=C(C)C(=O)O. The van der Waals surface area contributed by atoms with Gasteiger partial charge in [0.2, 0.25) is 0 Å². The fraction of sp³-hybridized carbons (Fsp3) is 0.571. The van der Waals surface area contributed by atoms with Crippen LogP contribution in [0, 0.1) is 0 Å². The molecule has 0 aromatic heterocycles. The lowest BCUT2D eigenvalue weighted by Gasteiger charge is -1.91. The smallest absolute Gasteiger partial charge is 0.330 e. The fourth-order valence-corrected chi connectivity index (χ4v) is 1.83. The molecule has 0 heterocycles. The van der Waals surface area contributed by atoms with Crippen molar-refractivity contribution in [1.82, 2.24) is 0 Å². The van der Waals surface area contributed by atoms with E-state index in [0.717, 1.165) is 0 Å². The second-order valence-electron chi connectivity index (χ2n) is 2.33. The van der Waals surface area contributed by atoms with Gasteiger partial charge in [-0.15, -0.1) is 0 Å². The van der Waals surface area contributed by atoms with Gasteiger partial charge in [-0.05, 0) is 6.92 Å². The monoisotopic (exact) mass is 158 g/mol. The molecule has 10 heavy (non-hydrogen) atoms. The number of rotatable bonds is 4. The standard InChI is InChI=1S/C7H14O2Si/c1-3-4-10-5-6(2)7(8)9/h5H,3-4,10H2,1-2H3,(H,8,9). The van der Waals surface area contributed by atoms with Crippen LogP contribution in [-0.2, 0) is 4.79 Å². The Kier molecular flexibility index (Phi) is 4.93. The number of aliphatic carboxylic acids is 1. The summed E-state index contributed by atoms with van der Waals surface area (Å²) in [7, 11) is -0.222. The summed E-state index contributed by atoms with van der Waals surface area (Å²) >= 11 is 0. The molecule has 2 nitrogen and oxygen atoms in total. The molecule has 0 aromatic rings. The van der Waals surface area contributed by atoms with Crippen LogP contribution in [0.1, 0.15) is 20.3 Å². The average molecular weight is 158 g/mol. The minimum Gasteiger partial charge on any atom is -0.478 e. The normalized spacial score (nSPS) is 12.8. The maximum absolute atomic E-state index is 10.2. The Labute approximate surface area is 63.8 Å². The minimum atomic E-state index is -0.774. The topological polar surface area (TPSA) is 37.3 Å². The average Bonchev–Trinajstić information content (AvgIpc) is 1.88. The molecule has 0 rings (SSSR count). The maximum atomic E-state index is 10.2. The van der Waals surface area contributed by atoms with Crippen LogP contribution >= 0.6 is 0 Å². The van der Waals surface area contributed by atoms with Gasteiger partial charge in [-0.3, -0.25) is 0 Å². The number of hydrogen-bond acceptors (Lipinski definition) is 1. The second kappa shape index (κ2) is 5.23. The van der Waals surface area contributed by atoms with Crippen LogP contribution in [0.4, 0.5) is 0 Å². The predicted molar refractivity (Wildman–Crippen MR) is 45.0 cm³/mol. The number of hydrogen-bond donors (Lipinski definition) is 1. The first-order chi connectivity index (χ1) is 4.68. The molecule has 0 saturated carbocycles. The van der Waals surface area contributed by atoms with Crippen LogP contribution in [0.15, 0.2) is 11.3 Å². The highest BCUT2D eigenvalue weighted by Crippen LogP contribution is 1.93. The van der Waals surface area contributed by atoms with Crippen molar-refractivity contribution in [3.8, 4) is 0 Å². The van der Waals surface area contributed by atoms with Gasteiger partial charge in [0.25, 0.3) is 0 Å². The highest BCUT2D eigenvalue weighted by atomic mass is 28.2. The van der Waals surface area contributed by atoms with Gasteiger partial charge in [0.1, 0.15) is 0 Å². The van der Waals surface area contributed by atoms with Gasteiger partial charge in [-0.2, -0.15) is 0 Å². The summed E-state index contributed by atoms with van der Waals surface area (Å²) in [6, 6.07) is 1.21. The van der Waals surface area contributed by atoms with Gasteiger partial charge in [-0.25, -0.2) is 4.79 Å². The molecule has 0 aromatic carbocycles. The van der Waals surface area contributed by atoms with Crippen LogP contribution in [0.3, 0.4) is 0 Å². The Hall–Kier alpha value is -0.573. The van der Waals surface area contributed by atoms with E-state index < -0.39 is 5.97 Å². The lowest BCUT2D eigenvalue weighted by molar-refractivity contribution is -0.132. The van der Waals surface area contributed by atoms with Crippen molar-refractivity contribution in [2.24, 2.45) is 0 Å². The summed E-state index contributed by atoms with van der Waals surface area (Å²) in [5, 5.41) is 8.44. The first-order valence-electron chi connectivity index (χ1n) is 3.58. The molecule has 0 bridgehead atoms. The van der Waals surface area contributed by atoms with Gasteiger partial charge in [0, 0.05) is 15.1 Å². The van der Waals surface area contributed by atoms with E-state index in [2.05, 4.69) is 6.92 Å². The highest BCUT2D eigenvalue weighted by Gasteiger charge is 1.96. The zero-order chi connectivity index (χ0) is 7.98. The third-order valence-electron chi connectivity index (χ3n) is 1.35. The quantitative estimate of drug-likeness (QED) is 0.376. The summed E-state index contributed by atoms with van der Waals surface area (Å²) in [5.41, 5.74) is 2.42. The molecule has 0 aliphatic carbocycles. The molecule has 58 valence electrons. The second-order valence-corrected chi connectivity index (χ2v) is 4.03. The molecule has 3 heteroatoms. The van der Waals surface area contributed by atoms with E-state index in [1.165, 1.54) is 12.5 Å². The van der Waals surface area contributed by atoms with E-state index in [4.69, 9.17) is 5.11 Å². The molecular weight excluding hydrogens is 144 g/mol. The summed E-state index contributed by atoms with van der Waals surface area (Å²) in [4.78, 5) is 10.2. The van der Waals surface area contributed by atoms with Gasteiger partial charge in [0.15, 0.2) is 0 Å². The molecule has 1 N–H and O–H groups in total. The van der Waals surface area contributed by atoms with E-state index in [-0.39, 0.29) is 9.52 Å². The highest BCUT2D eigenvalue weighted by molar-refractivity contribution is 6.42. The van der Waals surface area contributed by atoms with E-state index in [9.17, 15) is 4.79 Å². The van der Waals surface area contributed by atoms with Crippen LogP contribution in [0.5, 0.6) is 0 Å². The third kappa shape index (κ3) is 4.32. The maximum Gasteiger partial charge on any atom is 0.330 e. The predicted octanol–water partition coefficient (Wildman–Crippen LogP) is 0.972. The first-order valence-corrected chi connectivity index (χ1v) is 5.40. The molecular formula is C7H14O2Si. The van der Waals surface area contributed by atoms with Crippen LogP contribution < -0.4 is 0 Å². The van der Waals surface area contributed by atoms with Crippen LogP contribution in [0.25, 0.3) is 0 Å². The van der Waals surface area contributed by atoms with E-state index in [1.807, 2.05) is 5.70 Å². The van der Waals surface area contributed by atoms with Crippen molar-refractivity contribution < 1.29 is 9.90 Å². The molecule has 0 unspecified atom stereocenters. The summed E-state index contributed by atoms with van der Waals surface area (Å²) in [6.45, 7) is 3.78. The molecule has 0 aliphatic heterocycles. The molecule has 0 radical (unpaired) electrons. The van der Waals surface area contributed by atoms with Gasteiger partial charge >= 0.3 is 5.97 Å². The number of carboxylic acids is 1. The molecule has 0 fully saturated rings. The van der Waals surface area contributed by atoms with Crippen molar-refractivity contribution in [2.75, 3.05) is 0 Å². The fourth-order valence-electron chi connectivity index (χ4n) is 0.610. The van der Waals surface area contributed by atoms with E-state index >= 15 is 0 Å². The summed E-state index contributed by atoms with van der Waals surface area (Å²) in [5.74, 6) is -0.774. The van der Waals surface area contributed by atoms with Crippen molar-refractivity contribution in [1.29, 1.82) is 0 Å². The van der Waals surface area contributed by atoms with Crippen molar-refractivity contribution >= 4 is 15.5 Å². The van der Waals surface area contributed by atoms with Crippen molar-refractivity contribution in [3.63, 3.8) is 0 Å². The van der Waals surface area contributed by atoms with Gasteiger partial charge < -0.3 is 5.11 Å². The molecule has 0 saturated heterocycles. The van der Waals surface area contributed by atoms with Crippen LogP contribution in [-0.4, -0.2) is 20.6 Å². The summed E-state index contributed by atoms with van der Waals surface area (Å²) < 4.78 is 0. The van der Waals surface area contributed by atoms with Crippen molar-refractivity contribution in [2.45, 2.75) is 26.3 Å². The van der Waals surface area contributed by atoms with Gasteiger partial charge in [0.05, 0.1) is 0 Å². The van der Waals surface area contributed by atoms with E-state index in [1.54, 1.807) is 6.92 Å². The molecule has 0 atom stereocenters.